The van der Waals surface area contributed by atoms with Gasteiger partial charge in [-0.05, 0) is 56.5 Å². The minimum absolute atomic E-state index is 0.181. The molecule has 0 aliphatic rings. The van der Waals surface area contributed by atoms with Crippen LogP contribution in [-0.4, -0.2) is 11.1 Å². The lowest BCUT2D eigenvalue weighted by Gasteiger charge is -2.11. The van der Waals surface area contributed by atoms with Crippen molar-refractivity contribution < 1.29 is 19.1 Å². The molecule has 4 nitrogen and oxygen atoms in total. The molecular formula is C16H18O4. The molecule has 0 aliphatic carbocycles. The zero-order valence-corrected chi connectivity index (χ0v) is 12.1. The SMILES string of the molecule is Cc1cc(C)c(C)c(OCc2cc(C(=O)O)c(C)o2)c1. The number of aryl methyl sites for hydroxylation is 3. The Morgan fingerprint density at radius 2 is 1.90 bits per heavy atom. The predicted octanol–water partition coefficient (Wildman–Crippen LogP) is 3.79. The second-order valence-electron chi connectivity index (χ2n) is 4.98. The first-order chi connectivity index (χ1) is 9.38. The third-order valence-corrected chi connectivity index (χ3v) is 3.33. The molecule has 2 aromatic rings. The van der Waals surface area contributed by atoms with Gasteiger partial charge in [-0.2, -0.15) is 0 Å². The average molecular weight is 274 g/mol. The third-order valence-electron chi connectivity index (χ3n) is 3.33. The van der Waals surface area contributed by atoms with E-state index in [9.17, 15) is 4.79 Å². The Bertz CT molecular complexity index is 653. The lowest BCUT2D eigenvalue weighted by Crippen LogP contribution is -1.98. The summed E-state index contributed by atoms with van der Waals surface area (Å²) in [6, 6.07) is 5.58. The molecule has 1 heterocycles. The number of aromatic carboxylic acids is 1. The van der Waals surface area contributed by atoms with Crippen molar-refractivity contribution in [3.8, 4) is 5.75 Å². The van der Waals surface area contributed by atoms with E-state index in [1.165, 1.54) is 11.6 Å². The number of ether oxygens (including phenoxy) is 1. The molecule has 0 radical (unpaired) electrons. The van der Waals surface area contributed by atoms with E-state index in [2.05, 4.69) is 6.07 Å². The van der Waals surface area contributed by atoms with Crippen LogP contribution in [0.25, 0.3) is 0 Å². The van der Waals surface area contributed by atoms with Crippen molar-refractivity contribution in [1.82, 2.24) is 0 Å². The van der Waals surface area contributed by atoms with Gasteiger partial charge in [0.2, 0.25) is 0 Å². The number of benzene rings is 1. The molecule has 0 spiro atoms. The van der Waals surface area contributed by atoms with Crippen LogP contribution in [-0.2, 0) is 6.61 Å². The second kappa shape index (κ2) is 5.41. The Morgan fingerprint density at radius 1 is 1.20 bits per heavy atom. The van der Waals surface area contributed by atoms with Crippen molar-refractivity contribution in [3.05, 3.63) is 52.0 Å². The molecule has 0 aliphatic heterocycles. The topological polar surface area (TPSA) is 59.7 Å². The standard InChI is InChI=1S/C16H18O4/c1-9-5-10(2)11(3)15(6-9)19-8-13-7-14(16(17)18)12(4)20-13/h5-7H,8H2,1-4H3,(H,17,18). The van der Waals surface area contributed by atoms with Crippen LogP contribution in [0.5, 0.6) is 5.75 Å². The second-order valence-corrected chi connectivity index (χ2v) is 4.98. The summed E-state index contributed by atoms with van der Waals surface area (Å²) >= 11 is 0. The van der Waals surface area contributed by atoms with Gasteiger partial charge in [0.15, 0.2) is 0 Å². The number of furan rings is 1. The van der Waals surface area contributed by atoms with Crippen LogP contribution in [0.2, 0.25) is 0 Å². The number of carbonyl (C=O) groups is 1. The molecule has 106 valence electrons. The predicted molar refractivity (Wildman–Crippen MR) is 75.4 cm³/mol. The maximum Gasteiger partial charge on any atom is 0.339 e. The highest BCUT2D eigenvalue weighted by Gasteiger charge is 2.14. The summed E-state index contributed by atoms with van der Waals surface area (Å²) in [5.74, 6) is 0.722. The van der Waals surface area contributed by atoms with Crippen molar-refractivity contribution in [2.45, 2.75) is 34.3 Å². The Labute approximate surface area is 118 Å². The third kappa shape index (κ3) is 2.85. The number of carboxylic acid groups (broad SMARTS) is 1. The zero-order chi connectivity index (χ0) is 14.9. The van der Waals surface area contributed by atoms with Gasteiger partial charge < -0.3 is 14.3 Å². The van der Waals surface area contributed by atoms with Gasteiger partial charge in [0.05, 0.1) is 0 Å². The molecule has 0 amide bonds. The summed E-state index contributed by atoms with van der Waals surface area (Å²) in [6.45, 7) is 7.90. The van der Waals surface area contributed by atoms with Gasteiger partial charge in [0.25, 0.3) is 0 Å². The maximum atomic E-state index is 11.0. The highest BCUT2D eigenvalue weighted by Crippen LogP contribution is 2.25. The lowest BCUT2D eigenvalue weighted by molar-refractivity contribution is 0.0695. The molecule has 4 heteroatoms. The van der Waals surface area contributed by atoms with E-state index < -0.39 is 5.97 Å². The molecule has 0 atom stereocenters. The Balaban J connectivity index is 2.17. The first-order valence-electron chi connectivity index (χ1n) is 6.41. The molecule has 1 N–H and O–H groups in total. The van der Waals surface area contributed by atoms with Crippen molar-refractivity contribution in [3.63, 3.8) is 0 Å². The van der Waals surface area contributed by atoms with Crippen LogP contribution in [0.1, 0.15) is 38.6 Å². The van der Waals surface area contributed by atoms with E-state index in [4.69, 9.17) is 14.3 Å². The van der Waals surface area contributed by atoms with Crippen LogP contribution < -0.4 is 4.74 Å². The van der Waals surface area contributed by atoms with Crippen molar-refractivity contribution in [2.75, 3.05) is 0 Å². The fourth-order valence-corrected chi connectivity index (χ4v) is 2.13. The first-order valence-corrected chi connectivity index (χ1v) is 6.41. The van der Waals surface area contributed by atoms with E-state index >= 15 is 0 Å². The molecule has 0 saturated heterocycles. The monoisotopic (exact) mass is 274 g/mol. The first kappa shape index (κ1) is 14.2. The maximum absolute atomic E-state index is 11.0. The highest BCUT2D eigenvalue weighted by atomic mass is 16.5. The van der Waals surface area contributed by atoms with E-state index in [0.717, 1.165) is 16.9 Å². The molecule has 20 heavy (non-hydrogen) atoms. The Hall–Kier alpha value is -2.23. The minimum atomic E-state index is -0.986. The van der Waals surface area contributed by atoms with Gasteiger partial charge in [0.1, 0.15) is 29.4 Å². The molecule has 0 bridgehead atoms. The summed E-state index contributed by atoms with van der Waals surface area (Å²) in [7, 11) is 0. The average Bonchev–Trinajstić information content (AvgIpc) is 2.73. The minimum Gasteiger partial charge on any atom is -0.485 e. The number of carboxylic acids is 1. The van der Waals surface area contributed by atoms with Crippen molar-refractivity contribution in [1.29, 1.82) is 0 Å². The number of hydrogen-bond donors (Lipinski definition) is 1. The van der Waals surface area contributed by atoms with Gasteiger partial charge in [-0.15, -0.1) is 0 Å². The summed E-state index contributed by atoms with van der Waals surface area (Å²) < 4.78 is 11.1. The Morgan fingerprint density at radius 3 is 2.50 bits per heavy atom. The van der Waals surface area contributed by atoms with E-state index in [1.807, 2.05) is 26.8 Å². The summed E-state index contributed by atoms with van der Waals surface area (Å²) in [6.07, 6.45) is 0. The fourth-order valence-electron chi connectivity index (χ4n) is 2.13. The molecule has 0 saturated carbocycles. The largest absolute Gasteiger partial charge is 0.485 e. The van der Waals surface area contributed by atoms with Crippen LogP contribution in [0.4, 0.5) is 0 Å². The zero-order valence-electron chi connectivity index (χ0n) is 12.1. The normalized spacial score (nSPS) is 10.6. The van der Waals surface area contributed by atoms with Crippen LogP contribution >= 0.6 is 0 Å². The van der Waals surface area contributed by atoms with Crippen LogP contribution in [0.3, 0.4) is 0 Å². The van der Waals surface area contributed by atoms with Crippen molar-refractivity contribution in [2.24, 2.45) is 0 Å². The molecule has 2 rings (SSSR count). The van der Waals surface area contributed by atoms with Crippen LogP contribution in [0.15, 0.2) is 22.6 Å². The van der Waals surface area contributed by atoms with Gasteiger partial charge >= 0.3 is 5.97 Å². The van der Waals surface area contributed by atoms with Gasteiger partial charge in [-0.25, -0.2) is 4.79 Å². The van der Waals surface area contributed by atoms with Gasteiger partial charge in [-0.3, -0.25) is 0 Å². The fraction of sp³-hybridized carbons (Fsp3) is 0.312. The van der Waals surface area contributed by atoms with E-state index in [1.54, 1.807) is 6.92 Å². The Kier molecular flexibility index (Phi) is 3.84. The number of rotatable bonds is 4. The van der Waals surface area contributed by atoms with E-state index in [0.29, 0.717) is 11.5 Å². The molecule has 0 fully saturated rings. The molecule has 0 unspecified atom stereocenters. The van der Waals surface area contributed by atoms with Crippen molar-refractivity contribution >= 4 is 5.97 Å². The molecule has 1 aromatic heterocycles. The quantitative estimate of drug-likeness (QED) is 0.921. The number of hydrogen-bond acceptors (Lipinski definition) is 3. The van der Waals surface area contributed by atoms with E-state index in [-0.39, 0.29) is 12.2 Å². The van der Waals surface area contributed by atoms with Gasteiger partial charge in [0, 0.05) is 0 Å². The molecular weight excluding hydrogens is 256 g/mol. The summed E-state index contributed by atoms with van der Waals surface area (Å²) in [5, 5.41) is 8.98. The van der Waals surface area contributed by atoms with Gasteiger partial charge in [-0.1, -0.05) is 6.07 Å². The summed E-state index contributed by atoms with van der Waals surface area (Å²) in [5.41, 5.74) is 3.56. The van der Waals surface area contributed by atoms with Crippen LogP contribution in [0, 0.1) is 27.7 Å². The molecule has 1 aromatic carbocycles. The summed E-state index contributed by atoms with van der Waals surface area (Å²) in [4.78, 5) is 11.0. The lowest BCUT2D eigenvalue weighted by atomic mass is 10.1. The smallest absolute Gasteiger partial charge is 0.339 e. The highest BCUT2D eigenvalue weighted by molar-refractivity contribution is 5.88.